The summed E-state index contributed by atoms with van der Waals surface area (Å²) in [4.78, 5) is 4.61. The second kappa shape index (κ2) is 6.67. The molecule has 5 heteroatoms. The molecule has 0 aliphatic carbocycles. The van der Waals surface area contributed by atoms with Gasteiger partial charge in [0.1, 0.15) is 10.8 Å². The fraction of sp³-hybridized carbons (Fsp3) is 0.188. The quantitative estimate of drug-likeness (QED) is 0.734. The van der Waals surface area contributed by atoms with Crippen LogP contribution >= 0.6 is 11.3 Å². The molecule has 0 spiro atoms. The van der Waals surface area contributed by atoms with Crippen molar-refractivity contribution in [3.8, 4) is 11.3 Å². The van der Waals surface area contributed by atoms with E-state index in [1.54, 1.807) is 17.6 Å². The van der Waals surface area contributed by atoms with Gasteiger partial charge >= 0.3 is 0 Å². The Morgan fingerprint density at radius 3 is 2.76 bits per heavy atom. The van der Waals surface area contributed by atoms with E-state index in [-0.39, 0.29) is 12.6 Å². The summed E-state index contributed by atoms with van der Waals surface area (Å²) >= 11 is 1.61. The molecule has 0 saturated heterocycles. The van der Waals surface area contributed by atoms with E-state index in [1.165, 1.54) is 0 Å². The lowest BCUT2D eigenvalue weighted by Crippen LogP contribution is -2.23. The number of aliphatic hydroxyl groups excluding tert-OH is 1. The summed E-state index contributed by atoms with van der Waals surface area (Å²) in [6.07, 6.45) is 1.61. The molecule has 21 heavy (non-hydrogen) atoms. The maximum Gasteiger partial charge on any atom is 0.123 e. The van der Waals surface area contributed by atoms with Gasteiger partial charge in [0.25, 0.3) is 0 Å². The zero-order valence-corrected chi connectivity index (χ0v) is 12.2. The van der Waals surface area contributed by atoms with Gasteiger partial charge in [-0.15, -0.1) is 11.3 Å². The number of hydrogen-bond acceptors (Lipinski definition) is 5. The molecule has 0 radical (unpaired) electrons. The molecule has 0 aliphatic rings. The molecule has 0 bridgehead atoms. The minimum atomic E-state index is -0.205. The molecule has 0 amide bonds. The highest BCUT2D eigenvalue weighted by Crippen LogP contribution is 2.22. The van der Waals surface area contributed by atoms with Gasteiger partial charge in [-0.05, 0) is 12.1 Å². The summed E-state index contributed by atoms with van der Waals surface area (Å²) in [5.41, 5.74) is 2.10. The summed E-state index contributed by atoms with van der Waals surface area (Å²) in [5, 5.41) is 15.7. The van der Waals surface area contributed by atoms with Gasteiger partial charge < -0.3 is 9.52 Å². The first-order chi connectivity index (χ1) is 10.4. The van der Waals surface area contributed by atoms with E-state index < -0.39 is 0 Å². The van der Waals surface area contributed by atoms with Crippen molar-refractivity contribution in [1.82, 2.24) is 10.3 Å². The van der Waals surface area contributed by atoms with Crippen molar-refractivity contribution < 1.29 is 9.52 Å². The van der Waals surface area contributed by atoms with Crippen LogP contribution in [0.15, 0.2) is 58.5 Å². The molecule has 108 valence electrons. The first-order valence-corrected chi connectivity index (χ1v) is 7.62. The Morgan fingerprint density at radius 1 is 1.19 bits per heavy atom. The van der Waals surface area contributed by atoms with Gasteiger partial charge in [-0.2, -0.15) is 0 Å². The third kappa shape index (κ3) is 3.39. The van der Waals surface area contributed by atoms with Gasteiger partial charge in [-0.3, -0.25) is 5.32 Å². The Labute approximate surface area is 127 Å². The summed E-state index contributed by atoms with van der Waals surface area (Å²) < 4.78 is 5.31. The minimum Gasteiger partial charge on any atom is -0.468 e. The number of benzene rings is 1. The lowest BCUT2D eigenvalue weighted by atomic mass is 10.2. The minimum absolute atomic E-state index is 0.00949. The standard InChI is InChI=1S/C16H16N2O2S/c19-10-13(15-7-4-8-20-15)17-9-16-18-14(11-21-16)12-5-2-1-3-6-12/h1-8,11,13,17,19H,9-10H2. The van der Waals surface area contributed by atoms with E-state index in [0.29, 0.717) is 6.54 Å². The second-order valence-electron chi connectivity index (χ2n) is 4.62. The third-order valence-electron chi connectivity index (χ3n) is 3.19. The van der Waals surface area contributed by atoms with Crippen LogP contribution in [0, 0.1) is 0 Å². The molecule has 2 aromatic heterocycles. The summed E-state index contributed by atoms with van der Waals surface area (Å²) in [6.45, 7) is 0.591. The molecule has 0 saturated carbocycles. The van der Waals surface area contributed by atoms with Crippen LogP contribution in [0.1, 0.15) is 16.8 Å². The summed E-state index contributed by atoms with van der Waals surface area (Å²) in [6, 6.07) is 13.6. The molecular weight excluding hydrogens is 284 g/mol. The van der Waals surface area contributed by atoms with E-state index in [9.17, 15) is 5.11 Å². The maximum absolute atomic E-state index is 9.42. The van der Waals surface area contributed by atoms with Gasteiger partial charge in [-0.1, -0.05) is 30.3 Å². The predicted molar refractivity (Wildman–Crippen MR) is 82.9 cm³/mol. The number of thiazole rings is 1. The van der Waals surface area contributed by atoms with Crippen LogP contribution in [0.2, 0.25) is 0 Å². The average molecular weight is 300 g/mol. The predicted octanol–water partition coefficient (Wildman–Crippen LogP) is 3.23. The van der Waals surface area contributed by atoms with E-state index >= 15 is 0 Å². The van der Waals surface area contributed by atoms with E-state index in [0.717, 1.165) is 22.0 Å². The Hall–Kier alpha value is -1.95. The molecule has 3 aromatic rings. The highest BCUT2D eigenvalue weighted by atomic mass is 32.1. The maximum atomic E-state index is 9.42. The van der Waals surface area contributed by atoms with Crippen LogP contribution in [0.5, 0.6) is 0 Å². The highest BCUT2D eigenvalue weighted by molar-refractivity contribution is 7.09. The van der Waals surface area contributed by atoms with Gasteiger partial charge in [0.05, 0.1) is 24.6 Å². The Morgan fingerprint density at radius 2 is 2.05 bits per heavy atom. The molecule has 3 rings (SSSR count). The number of nitrogens with one attached hydrogen (secondary N) is 1. The van der Waals surface area contributed by atoms with Crippen LogP contribution in [0.25, 0.3) is 11.3 Å². The highest BCUT2D eigenvalue weighted by Gasteiger charge is 2.13. The van der Waals surface area contributed by atoms with Crippen molar-refractivity contribution in [2.24, 2.45) is 0 Å². The molecule has 0 fully saturated rings. The molecule has 4 nitrogen and oxygen atoms in total. The molecule has 1 aromatic carbocycles. The van der Waals surface area contributed by atoms with Crippen LogP contribution < -0.4 is 5.32 Å². The number of rotatable bonds is 6. The van der Waals surface area contributed by atoms with Crippen molar-refractivity contribution in [1.29, 1.82) is 0 Å². The third-order valence-corrected chi connectivity index (χ3v) is 4.04. The number of aliphatic hydroxyl groups is 1. The van der Waals surface area contributed by atoms with Crippen molar-refractivity contribution >= 4 is 11.3 Å². The molecule has 0 aliphatic heterocycles. The molecule has 1 atom stereocenters. The fourth-order valence-corrected chi connectivity index (χ4v) is 2.84. The fourth-order valence-electron chi connectivity index (χ4n) is 2.09. The van der Waals surface area contributed by atoms with Crippen LogP contribution in [0.4, 0.5) is 0 Å². The Bertz CT molecular complexity index is 665. The Balaban J connectivity index is 1.65. The van der Waals surface area contributed by atoms with Crippen molar-refractivity contribution in [3.63, 3.8) is 0 Å². The monoisotopic (exact) mass is 300 g/mol. The lowest BCUT2D eigenvalue weighted by molar-refractivity contribution is 0.225. The smallest absolute Gasteiger partial charge is 0.123 e. The SMILES string of the molecule is OCC(NCc1nc(-c2ccccc2)cs1)c1ccco1. The van der Waals surface area contributed by atoms with E-state index in [2.05, 4.69) is 10.3 Å². The van der Waals surface area contributed by atoms with Gasteiger partial charge in [0.2, 0.25) is 0 Å². The first kappa shape index (κ1) is 14.0. The molecule has 2 N–H and O–H groups in total. The second-order valence-corrected chi connectivity index (χ2v) is 5.57. The normalized spacial score (nSPS) is 12.4. The van der Waals surface area contributed by atoms with Crippen LogP contribution in [-0.2, 0) is 6.54 Å². The molecule has 2 heterocycles. The van der Waals surface area contributed by atoms with Gasteiger partial charge in [0.15, 0.2) is 0 Å². The van der Waals surface area contributed by atoms with Gasteiger partial charge in [0, 0.05) is 17.5 Å². The summed E-state index contributed by atoms with van der Waals surface area (Å²) in [5.74, 6) is 0.734. The van der Waals surface area contributed by atoms with Crippen LogP contribution in [-0.4, -0.2) is 16.7 Å². The number of nitrogens with zero attached hydrogens (tertiary/aromatic N) is 1. The summed E-state index contributed by atoms with van der Waals surface area (Å²) in [7, 11) is 0. The molecular formula is C16H16N2O2S. The Kier molecular flexibility index (Phi) is 4.45. The largest absolute Gasteiger partial charge is 0.468 e. The first-order valence-electron chi connectivity index (χ1n) is 6.74. The number of furan rings is 1. The number of aromatic nitrogens is 1. The molecule has 1 unspecified atom stereocenters. The van der Waals surface area contributed by atoms with Crippen LogP contribution in [0.3, 0.4) is 0 Å². The zero-order valence-electron chi connectivity index (χ0n) is 11.4. The number of hydrogen-bond donors (Lipinski definition) is 2. The topological polar surface area (TPSA) is 58.3 Å². The van der Waals surface area contributed by atoms with Crippen molar-refractivity contribution in [3.05, 3.63) is 64.9 Å². The average Bonchev–Trinajstić information content (AvgIpc) is 3.20. The van der Waals surface area contributed by atoms with Gasteiger partial charge in [-0.25, -0.2) is 4.98 Å². The van der Waals surface area contributed by atoms with E-state index in [1.807, 2.05) is 47.8 Å². The lowest BCUT2D eigenvalue weighted by Gasteiger charge is -2.12. The van der Waals surface area contributed by atoms with E-state index in [4.69, 9.17) is 4.42 Å². The van der Waals surface area contributed by atoms with Crippen molar-refractivity contribution in [2.45, 2.75) is 12.6 Å². The zero-order chi connectivity index (χ0) is 14.5. The van der Waals surface area contributed by atoms with Crippen molar-refractivity contribution in [2.75, 3.05) is 6.61 Å².